The molecule has 7 rings (SSSR count). The summed E-state index contributed by atoms with van der Waals surface area (Å²) in [5.74, 6) is -0.447. The molecule has 5 aromatic rings. The number of carbonyl (C=O) groups excluding carboxylic acids is 2. The van der Waals surface area contributed by atoms with Crippen molar-refractivity contribution in [3.63, 3.8) is 0 Å². The number of fused-ring (bicyclic) bond motifs is 3. The first-order valence-corrected chi connectivity index (χ1v) is 13.3. The van der Waals surface area contributed by atoms with Crippen LogP contribution in [0.1, 0.15) is 65.2 Å². The predicted molar refractivity (Wildman–Crippen MR) is 144 cm³/mol. The van der Waals surface area contributed by atoms with Crippen LogP contribution in [0.3, 0.4) is 0 Å². The number of nitrogens with two attached hydrogens (primary N) is 1. The standard InChI is InChI=1S/C27H26FN11O2/c1-13(40)21-22(15-7-16-4-5-17(8-15)38(16)27(41)25-31-12-32-35-25)34-26-18(10-33-39(26)24(21)29)14-3-6-20(30-9-14)23-19(28)11-37(2)36-23/h3,6,9-12,15-17H,4-5,7-8,29H2,1-2H3,(H,31,32,35)/t15-,16-,17+. The Hall–Kier alpha value is -5.01. The Kier molecular flexibility index (Phi) is 5.66. The first kappa shape index (κ1) is 25.0. The number of pyridine rings is 1. The minimum atomic E-state index is -0.456. The summed E-state index contributed by atoms with van der Waals surface area (Å²) in [5.41, 5.74) is 9.96. The Bertz CT molecular complexity index is 1800. The molecule has 3 atom stereocenters. The van der Waals surface area contributed by atoms with Crippen LogP contribution < -0.4 is 5.73 Å². The highest BCUT2D eigenvalue weighted by molar-refractivity contribution is 6.00. The van der Waals surface area contributed by atoms with Crippen molar-refractivity contribution in [1.29, 1.82) is 0 Å². The quantitative estimate of drug-likeness (QED) is 0.310. The zero-order valence-corrected chi connectivity index (χ0v) is 22.3. The van der Waals surface area contributed by atoms with Gasteiger partial charge in [-0.3, -0.25) is 19.3 Å². The molecule has 2 aliphatic rings. The molecule has 2 bridgehead atoms. The highest BCUT2D eigenvalue weighted by Crippen LogP contribution is 2.45. The number of anilines is 1. The molecule has 7 heterocycles. The molecule has 2 saturated heterocycles. The van der Waals surface area contributed by atoms with Crippen molar-refractivity contribution in [3.8, 4) is 22.5 Å². The molecule has 2 aliphatic heterocycles. The van der Waals surface area contributed by atoms with Gasteiger partial charge in [0, 0.05) is 42.4 Å². The van der Waals surface area contributed by atoms with Gasteiger partial charge in [-0.25, -0.2) is 9.37 Å². The second kappa shape index (κ2) is 9.28. The van der Waals surface area contributed by atoms with E-state index >= 15 is 0 Å². The van der Waals surface area contributed by atoms with Gasteiger partial charge in [-0.05, 0) is 38.7 Å². The van der Waals surface area contributed by atoms with E-state index in [1.807, 2.05) is 4.90 Å². The van der Waals surface area contributed by atoms with Crippen LogP contribution in [0, 0.1) is 5.82 Å². The average molecular weight is 556 g/mol. The lowest BCUT2D eigenvalue weighted by Crippen LogP contribution is -2.46. The lowest BCUT2D eigenvalue weighted by molar-refractivity contribution is 0.0556. The van der Waals surface area contributed by atoms with Crippen LogP contribution in [0.25, 0.3) is 28.2 Å². The number of hydrogen-bond acceptors (Lipinski definition) is 9. The molecule has 14 heteroatoms. The van der Waals surface area contributed by atoms with Crippen molar-refractivity contribution in [1.82, 2.24) is 49.4 Å². The maximum Gasteiger partial charge on any atom is 0.292 e. The molecule has 0 aromatic carbocycles. The average Bonchev–Trinajstić information content (AvgIpc) is 3.74. The summed E-state index contributed by atoms with van der Waals surface area (Å²) in [6.07, 6.45) is 8.95. The molecule has 3 N–H and O–H groups in total. The Balaban J connectivity index is 1.26. The molecular formula is C27H26FN11O2. The van der Waals surface area contributed by atoms with Crippen molar-refractivity contribution in [2.45, 2.75) is 50.6 Å². The summed E-state index contributed by atoms with van der Waals surface area (Å²) < 4.78 is 17.1. The molecule has 1 amide bonds. The molecule has 0 saturated carbocycles. The number of H-pyrrole nitrogens is 1. The van der Waals surface area contributed by atoms with E-state index in [0.29, 0.717) is 46.6 Å². The Labute approximate surface area is 232 Å². The van der Waals surface area contributed by atoms with Crippen LogP contribution >= 0.6 is 0 Å². The van der Waals surface area contributed by atoms with E-state index in [9.17, 15) is 14.0 Å². The van der Waals surface area contributed by atoms with Gasteiger partial charge < -0.3 is 15.6 Å². The van der Waals surface area contributed by atoms with Gasteiger partial charge in [0.2, 0.25) is 5.82 Å². The van der Waals surface area contributed by atoms with Gasteiger partial charge in [0.15, 0.2) is 17.2 Å². The molecule has 208 valence electrons. The molecule has 0 unspecified atom stereocenters. The van der Waals surface area contributed by atoms with E-state index in [2.05, 4.69) is 30.4 Å². The van der Waals surface area contributed by atoms with Crippen LogP contribution in [0.2, 0.25) is 0 Å². The second-order valence-electron chi connectivity index (χ2n) is 10.6. The number of rotatable bonds is 5. The molecule has 0 radical (unpaired) electrons. The van der Waals surface area contributed by atoms with E-state index in [4.69, 9.17) is 10.7 Å². The number of nitrogens with one attached hydrogen (secondary N) is 1. The number of nitrogen functional groups attached to an aromatic ring is 1. The Morgan fingerprint density at radius 3 is 2.54 bits per heavy atom. The minimum Gasteiger partial charge on any atom is -0.383 e. The van der Waals surface area contributed by atoms with Gasteiger partial charge in [-0.15, -0.1) is 10.2 Å². The summed E-state index contributed by atoms with van der Waals surface area (Å²) in [5, 5.41) is 16.2. The van der Waals surface area contributed by atoms with E-state index < -0.39 is 5.82 Å². The molecule has 5 aromatic heterocycles. The van der Waals surface area contributed by atoms with Gasteiger partial charge in [-0.2, -0.15) is 14.7 Å². The van der Waals surface area contributed by atoms with Crippen molar-refractivity contribution >= 4 is 23.2 Å². The van der Waals surface area contributed by atoms with Crippen LogP contribution in [-0.4, -0.2) is 73.2 Å². The van der Waals surface area contributed by atoms with Gasteiger partial charge in [0.05, 0.1) is 29.3 Å². The fourth-order valence-electron chi connectivity index (χ4n) is 6.38. The number of piperidine rings is 1. The lowest BCUT2D eigenvalue weighted by atomic mass is 9.85. The molecular weight excluding hydrogens is 529 g/mol. The highest BCUT2D eigenvalue weighted by atomic mass is 19.1. The number of aromatic amines is 1. The molecule has 41 heavy (non-hydrogen) atoms. The number of hydrogen-bond donors (Lipinski definition) is 2. The fourth-order valence-corrected chi connectivity index (χ4v) is 6.38. The van der Waals surface area contributed by atoms with Crippen LogP contribution in [0.5, 0.6) is 0 Å². The zero-order chi connectivity index (χ0) is 28.4. The maximum absolute atomic E-state index is 14.2. The number of Topliss-reactive ketones (excluding diaryl/α,β-unsaturated/α-hetero) is 1. The number of amides is 1. The summed E-state index contributed by atoms with van der Waals surface area (Å²) in [6, 6.07) is 3.47. The number of aryl methyl sites for hydroxylation is 1. The van der Waals surface area contributed by atoms with Crippen molar-refractivity contribution in [2.75, 3.05) is 5.73 Å². The maximum atomic E-state index is 14.2. The largest absolute Gasteiger partial charge is 0.383 e. The van der Waals surface area contributed by atoms with E-state index in [1.165, 1.54) is 28.6 Å². The number of ketones is 1. The van der Waals surface area contributed by atoms with Crippen molar-refractivity contribution in [2.24, 2.45) is 7.05 Å². The van der Waals surface area contributed by atoms with Gasteiger partial charge >= 0.3 is 0 Å². The minimum absolute atomic E-state index is 0.0106. The molecule has 13 nitrogen and oxygen atoms in total. The summed E-state index contributed by atoms with van der Waals surface area (Å²) in [7, 11) is 1.65. The van der Waals surface area contributed by atoms with Crippen molar-refractivity contribution < 1.29 is 14.0 Å². The third kappa shape index (κ3) is 3.97. The molecule has 0 spiro atoms. The number of carbonyl (C=O) groups is 2. The third-order valence-electron chi connectivity index (χ3n) is 8.14. The van der Waals surface area contributed by atoms with Gasteiger partial charge in [0.25, 0.3) is 5.91 Å². The smallest absolute Gasteiger partial charge is 0.292 e. The van der Waals surface area contributed by atoms with Crippen LogP contribution in [0.15, 0.2) is 37.1 Å². The van der Waals surface area contributed by atoms with Crippen LogP contribution in [0.4, 0.5) is 10.2 Å². The van der Waals surface area contributed by atoms with Crippen LogP contribution in [-0.2, 0) is 7.05 Å². The summed E-state index contributed by atoms with van der Waals surface area (Å²) in [4.78, 5) is 40.1. The second-order valence-corrected chi connectivity index (χ2v) is 10.6. The Morgan fingerprint density at radius 1 is 1.15 bits per heavy atom. The fraction of sp³-hybridized carbons (Fsp3) is 0.333. The first-order chi connectivity index (χ1) is 19.8. The van der Waals surface area contributed by atoms with E-state index in [0.717, 1.165) is 12.8 Å². The summed E-state index contributed by atoms with van der Waals surface area (Å²) in [6.45, 7) is 1.48. The SMILES string of the molecule is CC(=O)c1c([C@@H]2C[C@H]3CC[C@@H](C2)N3C(=O)c2nnc[nH]2)nc2c(-c3ccc(-c4nn(C)cc4F)nc3)cnn2c1N. The van der Waals surface area contributed by atoms with Crippen molar-refractivity contribution in [3.05, 3.63) is 59.9 Å². The van der Waals surface area contributed by atoms with Gasteiger partial charge in [0.1, 0.15) is 17.8 Å². The highest BCUT2D eigenvalue weighted by Gasteiger charge is 2.45. The van der Waals surface area contributed by atoms with E-state index in [1.54, 1.807) is 31.6 Å². The molecule has 0 aliphatic carbocycles. The third-order valence-corrected chi connectivity index (χ3v) is 8.14. The predicted octanol–water partition coefficient (Wildman–Crippen LogP) is 2.78. The number of nitrogens with zero attached hydrogens (tertiary/aromatic N) is 9. The Morgan fingerprint density at radius 2 is 1.93 bits per heavy atom. The van der Waals surface area contributed by atoms with E-state index in [-0.39, 0.29) is 47.0 Å². The number of halogens is 1. The first-order valence-electron chi connectivity index (χ1n) is 13.3. The normalized spacial score (nSPS) is 20.2. The number of aromatic nitrogens is 9. The molecule has 2 fully saturated rings. The summed E-state index contributed by atoms with van der Waals surface area (Å²) >= 11 is 0. The lowest BCUT2D eigenvalue weighted by Gasteiger charge is -2.38. The zero-order valence-electron chi connectivity index (χ0n) is 22.3. The topological polar surface area (TPSA) is 166 Å². The van der Waals surface area contributed by atoms with Gasteiger partial charge in [-0.1, -0.05) is 6.07 Å². The monoisotopic (exact) mass is 555 g/mol.